The van der Waals surface area contributed by atoms with Crippen LogP contribution in [0, 0.1) is 5.92 Å². The molecule has 0 aromatic carbocycles. The van der Waals surface area contributed by atoms with E-state index in [9.17, 15) is 0 Å². The molecule has 0 radical (unpaired) electrons. The highest BCUT2D eigenvalue weighted by Gasteiger charge is 2.13. The number of hydrogen-bond donors (Lipinski definition) is 3. The third-order valence-electron chi connectivity index (χ3n) is 2.99. The van der Waals surface area contributed by atoms with Gasteiger partial charge in [0.15, 0.2) is 0 Å². The highest BCUT2D eigenvalue weighted by molar-refractivity contribution is 5.82. The number of nitrogens with two attached hydrogens (primary N) is 1. The van der Waals surface area contributed by atoms with E-state index in [0.29, 0.717) is 6.10 Å². The minimum absolute atomic E-state index is 0.0669. The zero-order valence-electron chi connectivity index (χ0n) is 9.98. The number of nitrogens with zero attached hydrogens (tertiary/aromatic N) is 1. The van der Waals surface area contributed by atoms with Crippen LogP contribution in [0.4, 0.5) is 0 Å². The Balaban J connectivity index is 2.02. The third kappa shape index (κ3) is 4.81. The van der Waals surface area contributed by atoms with Crippen molar-refractivity contribution >= 4 is 5.84 Å². The van der Waals surface area contributed by atoms with E-state index >= 15 is 0 Å². The van der Waals surface area contributed by atoms with Gasteiger partial charge in [0, 0.05) is 19.1 Å². The second-order valence-electron chi connectivity index (χ2n) is 4.41. The van der Waals surface area contributed by atoms with Gasteiger partial charge in [-0.3, -0.25) is 0 Å². The van der Waals surface area contributed by atoms with Crippen molar-refractivity contribution in [3.8, 4) is 0 Å². The Bertz CT molecular complexity index is 215. The van der Waals surface area contributed by atoms with Crippen molar-refractivity contribution in [1.29, 1.82) is 0 Å². The molecular formula is C11H23N3O2. The normalized spacial score (nSPS) is 24.3. The van der Waals surface area contributed by atoms with Crippen molar-refractivity contribution in [2.45, 2.75) is 38.7 Å². The van der Waals surface area contributed by atoms with E-state index in [-0.39, 0.29) is 11.8 Å². The molecule has 0 aromatic rings. The zero-order chi connectivity index (χ0) is 11.8. The van der Waals surface area contributed by atoms with Gasteiger partial charge in [-0.25, -0.2) is 0 Å². The third-order valence-corrected chi connectivity index (χ3v) is 2.99. The van der Waals surface area contributed by atoms with Crippen LogP contribution in [0.5, 0.6) is 0 Å². The summed E-state index contributed by atoms with van der Waals surface area (Å²) in [6.45, 7) is 4.50. The Morgan fingerprint density at radius 3 is 3.06 bits per heavy atom. The molecule has 0 amide bonds. The first-order chi connectivity index (χ1) is 7.74. The molecule has 1 heterocycles. The average molecular weight is 229 g/mol. The predicted octanol–water partition coefficient (Wildman–Crippen LogP) is 0.918. The molecule has 2 unspecified atom stereocenters. The maximum absolute atomic E-state index is 8.48. The van der Waals surface area contributed by atoms with Crippen molar-refractivity contribution in [2.75, 3.05) is 19.7 Å². The molecule has 2 atom stereocenters. The van der Waals surface area contributed by atoms with Crippen LogP contribution in [0.1, 0.15) is 32.6 Å². The second kappa shape index (κ2) is 7.46. The SMILES string of the molecule is CC(CNCCC1CCCCO1)C(N)=NO. The topological polar surface area (TPSA) is 79.9 Å². The largest absolute Gasteiger partial charge is 0.409 e. The first kappa shape index (κ1) is 13.3. The number of ether oxygens (including phenoxy) is 1. The highest BCUT2D eigenvalue weighted by atomic mass is 16.5. The smallest absolute Gasteiger partial charge is 0.143 e. The Labute approximate surface area is 97.0 Å². The molecule has 0 aliphatic carbocycles. The lowest BCUT2D eigenvalue weighted by molar-refractivity contribution is 0.0115. The van der Waals surface area contributed by atoms with Crippen LogP contribution >= 0.6 is 0 Å². The first-order valence-electron chi connectivity index (χ1n) is 6.03. The fourth-order valence-electron chi connectivity index (χ4n) is 1.82. The Kier molecular flexibility index (Phi) is 6.18. The number of oxime groups is 1. The fraction of sp³-hybridized carbons (Fsp3) is 0.909. The number of amidine groups is 1. The van der Waals surface area contributed by atoms with E-state index in [1.165, 1.54) is 19.3 Å². The van der Waals surface area contributed by atoms with Gasteiger partial charge >= 0.3 is 0 Å². The summed E-state index contributed by atoms with van der Waals surface area (Å²) in [7, 11) is 0. The van der Waals surface area contributed by atoms with Crippen LogP contribution in [0.15, 0.2) is 5.16 Å². The minimum Gasteiger partial charge on any atom is -0.409 e. The van der Waals surface area contributed by atoms with Gasteiger partial charge in [0.1, 0.15) is 5.84 Å². The van der Waals surface area contributed by atoms with Gasteiger partial charge in [-0.2, -0.15) is 0 Å². The highest BCUT2D eigenvalue weighted by Crippen LogP contribution is 2.14. The van der Waals surface area contributed by atoms with Crippen LogP contribution in [0.3, 0.4) is 0 Å². The van der Waals surface area contributed by atoms with Gasteiger partial charge in [-0.15, -0.1) is 0 Å². The van der Waals surface area contributed by atoms with Crippen LogP contribution in [0.2, 0.25) is 0 Å². The second-order valence-corrected chi connectivity index (χ2v) is 4.41. The van der Waals surface area contributed by atoms with Gasteiger partial charge < -0.3 is 21.0 Å². The lowest BCUT2D eigenvalue weighted by atomic mass is 10.1. The van der Waals surface area contributed by atoms with Crippen molar-refractivity contribution < 1.29 is 9.94 Å². The number of rotatable bonds is 6. The Hall–Kier alpha value is -0.810. The Morgan fingerprint density at radius 1 is 1.62 bits per heavy atom. The molecule has 1 fully saturated rings. The van der Waals surface area contributed by atoms with Gasteiger partial charge in [0.25, 0.3) is 0 Å². The van der Waals surface area contributed by atoms with Crippen molar-refractivity contribution in [3.63, 3.8) is 0 Å². The van der Waals surface area contributed by atoms with Crippen LogP contribution in [0.25, 0.3) is 0 Å². The number of hydrogen-bond acceptors (Lipinski definition) is 4. The summed E-state index contributed by atoms with van der Waals surface area (Å²) in [6.07, 6.45) is 5.12. The van der Waals surface area contributed by atoms with E-state index in [1.807, 2.05) is 6.92 Å². The summed E-state index contributed by atoms with van der Waals surface area (Å²) in [6, 6.07) is 0. The summed E-state index contributed by atoms with van der Waals surface area (Å²) in [4.78, 5) is 0. The number of nitrogens with one attached hydrogen (secondary N) is 1. The fourth-order valence-corrected chi connectivity index (χ4v) is 1.82. The molecule has 1 saturated heterocycles. The van der Waals surface area contributed by atoms with Gasteiger partial charge in [-0.1, -0.05) is 12.1 Å². The van der Waals surface area contributed by atoms with Crippen molar-refractivity contribution in [1.82, 2.24) is 5.32 Å². The molecule has 4 N–H and O–H groups in total. The molecule has 94 valence electrons. The molecule has 5 heteroatoms. The van der Waals surface area contributed by atoms with E-state index in [1.54, 1.807) is 0 Å². The summed E-state index contributed by atoms with van der Waals surface area (Å²) >= 11 is 0. The molecule has 5 nitrogen and oxygen atoms in total. The molecule has 1 aliphatic heterocycles. The van der Waals surface area contributed by atoms with Crippen molar-refractivity contribution in [3.05, 3.63) is 0 Å². The standard InChI is InChI=1S/C11H23N3O2/c1-9(11(12)14-15)8-13-6-5-10-4-2-3-7-16-10/h9-10,13,15H,2-8H2,1H3,(H2,12,14). The molecule has 1 aliphatic rings. The van der Waals surface area contributed by atoms with Gasteiger partial charge in [-0.05, 0) is 32.2 Å². The molecule has 0 saturated carbocycles. The maximum atomic E-state index is 8.48. The predicted molar refractivity (Wildman–Crippen MR) is 63.7 cm³/mol. The zero-order valence-corrected chi connectivity index (χ0v) is 9.98. The van der Waals surface area contributed by atoms with E-state index in [2.05, 4.69) is 10.5 Å². The Morgan fingerprint density at radius 2 is 2.44 bits per heavy atom. The molecule has 16 heavy (non-hydrogen) atoms. The average Bonchev–Trinajstić information content (AvgIpc) is 2.34. The quantitative estimate of drug-likeness (QED) is 0.208. The summed E-state index contributed by atoms with van der Waals surface area (Å²) in [5, 5.41) is 14.8. The molecule has 0 spiro atoms. The van der Waals surface area contributed by atoms with E-state index < -0.39 is 0 Å². The molecule has 0 aromatic heterocycles. The van der Waals surface area contributed by atoms with Crippen LogP contribution in [-0.2, 0) is 4.74 Å². The molecule has 0 bridgehead atoms. The molecular weight excluding hydrogens is 206 g/mol. The van der Waals surface area contributed by atoms with Crippen LogP contribution < -0.4 is 11.1 Å². The first-order valence-corrected chi connectivity index (χ1v) is 6.03. The summed E-state index contributed by atoms with van der Waals surface area (Å²) < 4.78 is 5.63. The summed E-state index contributed by atoms with van der Waals surface area (Å²) in [5.74, 6) is 0.346. The summed E-state index contributed by atoms with van der Waals surface area (Å²) in [5.41, 5.74) is 5.48. The lowest BCUT2D eigenvalue weighted by Gasteiger charge is -2.22. The monoisotopic (exact) mass is 229 g/mol. The minimum atomic E-state index is 0.0669. The van der Waals surface area contributed by atoms with E-state index in [4.69, 9.17) is 15.7 Å². The van der Waals surface area contributed by atoms with E-state index in [0.717, 1.165) is 26.1 Å². The van der Waals surface area contributed by atoms with Crippen LogP contribution in [-0.4, -0.2) is 36.8 Å². The van der Waals surface area contributed by atoms with Gasteiger partial charge in [0.2, 0.25) is 0 Å². The van der Waals surface area contributed by atoms with Crippen molar-refractivity contribution in [2.24, 2.45) is 16.8 Å². The van der Waals surface area contributed by atoms with Gasteiger partial charge in [0.05, 0.1) is 6.10 Å². The maximum Gasteiger partial charge on any atom is 0.143 e. The molecule has 1 rings (SSSR count). The lowest BCUT2D eigenvalue weighted by Crippen LogP contribution is -2.33.